The van der Waals surface area contributed by atoms with Crippen LogP contribution in [0, 0.1) is 5.82 Å². The third kappa shape index (κ3) is 5.15. The number of esters is 1. The van der Waals surface area contributed by atoms with Crippen LogP contribution in [0.3, 0.4) is 0 Å². The predicted molar refractivity (Wildman–Crippen MR) is 118 cm³/mol. The van der Waals surface area contributed by atoms with Gasteiger partial charge < -0.3 is 19.5 Å². The highest BCUT2D eigenvalue weighted by Gasteiger charge is 2.30. The standard InChI is InChI=1S/C23H25FN2O7S/c1-15(22(27)25-13-16-5-8-19-20(11-16)32-14-31-19)33-23(28)17-6-7-18(24)21(12-17)34(29,30)26-9-3-2-4-10-26/h5-8,11-12,15H,2-4,9-10,13-14H2,1H3,(H,25,27)/t15-/m1/s1. The molecule has 0 spiro atoms. The lowest BCUT2D eigenvalue weighted by atomic mass is 10.2. The van der Waals surface area contributed by atoms with Crippen molar-refractivity contribution < 1.29 is 36.6 Å². The zero-order valence-electron chi connectivity index (χ0n) is 18.6. The first-order chi connectivity index (χ1) is 16.3. The Morgan fingerprint density at radius 3 is 2.59 bits per heavy atom. The largest absolute Gasteiger partial charge is 0.454 e. The number of rotatable bonds is 7. The van der Waals surface area contributed by atoms with Crippen molar-refractivity contribution in [2.45, 2.75) is 43.7 Å². The van der Waals surface area contributed by atoms with Gasteiger partial charge in [-0.2, -0.15) is 4.31 Å². The average molecular weight is 493 g/mol. The SMILES string of the molecule is C[C@@H](OC(=O)c1ccc(F)c(S(=O)(=O)N2CCCCC2)c1)C(=O)NCc1ccc2c(c1)OCO2. The summed E-state index contributed by atoms with van der Waals surface area (Å²) >= 11 is 0. The average Bonchev–Trinajstić information content (AvgIpc) is 3.31. The molecule has 1 atom stereocenters. The molecule has 0 unspecified atom stereocenters. The van der Waals surface area contributed by atoms with Gasteiger partial charge in [-0.15, -0.1) is 0 Å². The second kappa shape index (κ2) is 9.98. The van der Waals surface area contributed by atoms with Crippen LogP contribution >= 0.6 is 0 Å². The molecule has 2 heterocycles. The molecule has 0 radical (unpaired) electrons. The number of halogens is 1. The topological polar surface area (TPSA) is 111 Å². The van der Waals surface area contributed by atoms with Gasteiger partial charge in [0.25, 0.3) is 5.91 Å². The van der Waals surface area contributed by atoms with Crippen LogP contribution in [0.1, 0.15) is 42.1 Å². The molecule has 0 aliphatic carbocycles. The van der Waals surface area contributed by atoms with Gasteiger partial charge in [0.2, 0.25) is 16.8 Å². The first-order valence-corrected chi connectivity index (χ1v) is 12.4. The smallest absolute Gasteiger partial charge is 0.338 e. The lowest BCUT2D eigenvalue weighted by Gasteiger charge is -2.26. The third-order valence-corrected chi connectivity index (χ3v) is 7.57. The minimum absolute atomic E-state index is 0.141. The van der Waals surface area contributed by atoms with E-state index < -0.39 is 38.7 Å². The highest BCUT2D eigenvalue weighted by molar-refractivity contribution is 7.89. The summed E-state index contributed by atoms with van der Waals surface area (Å²) < 4.78 is 57.0. The van der Waals surface area contributed by atoms with E-state index in [9.17, 15) is 22.4 Å². The van der Waals surface area contributed by atoms with E-state index in [4.69, 9.17) is 14.2 Å². The van der Waals surface area contributed by atoms with Crippen molar-refractivity contribution in [3.8, 4) is 11.5 Å². The lowest BCUT2D eigenvalue weighted by Crippen LogP contribution is -2.36. The molecule has 11 heteroatoms. The molecule has 1 saturated heterocycles. The van der Waals surface area contributed by atoms with Crippen LogP contribution in [0.15, 0.2) is 41.3 Å². The fraction of sp³-hybridized carbons (Fsp3) is 0.391. The van der Waals surface area contributed by atoms with Gasteiger partial charge in [-0.1, -0.05) is 12.5 Å². The van der Waals surface area contributed by atoms with Crippen LogP contribution < -0.4 is 14.8 Å². The summed E-state index contributed by atoms with van der Waals surface area (Å²) in [6, 6.07) is 8.24. The van der Waals surface area contributed by atoms with Crippen molar-refractivity contribution in [1.29, 1.82) is 0 Å². The molecule has 2 aliphatic heterocycles. The van der Waals surface area contributed by atoms with E-state index in [1.54, 1.807) is 18.2 Å². The quantitative estimate of drug-likeness (QED) is 0.592. The maximum absolute atomic E-state index is 14.4. The van der Waals surface area contributed by atoms with E-state index in [1.165, 1.54) is 11.2 Å². The number of amides is 1. The number of nitrogens with zero attached hydrogens (tertiary/aromatic N) is 1. The minimum atomic E-state index is -4.09. The highest BCUT2D eigenvalue weighted by atomic mass is 32.2. The normalized spacial score (nSPS) is 16.6. The zero-order valence-corrected chi connectivity index (χ0v) is 19.4. The Bertz CT molecular complexity index is 1200. The minimum Gasteiger partial charge on any atom is -0.454 e. The van der Waals surface area contributed by atoms with Gasteiger partial charge >= 0.3 is 5.97 Å². The number of hydrogen-bond donors (Lipinski definition) is 1. The first kappa shape index (κ1) is 24.0. The molecule has 34 heavy (non-hydrogen) atoms. The summed E-state index contributed by atoms with van der Waals surface area (Å²) in [4.78, 5) is 24.4. The summed E-state index contributed by atoms with van der Waals surface area (Å²) in [5.74, 6) is -1.22. The van der Waals surface area contributed by atoms with E-state index in [0.29, 0.717) is 37.4 Å². The molecule has 182 valence electrons. The maximum atomic E-state index is 14.4. The Kier molecular flexibility index (Phi) is 7.03. The second-order valence-electron chi connectivity index (χ2n) is 8.06. The number of carbonyl (C=O) groups is 2. The van der Waals surface area contributed by atoms with Gasteiger partial charge in [-0.05, 0) is 55.7 Å². The van der Waals surface area contributed by atoms with Crippen LogP contribution in [-0.4, -0.2) is 50.6 Å². The predicted octanol–water partition coefficient (Wildman–Crippen LogP) is 2.59. The lowest BCUT2D eigenvalue weighted by molar-refractivity contribution is -0.129. The van der Waals surface area contributed by atoms with Crippen LogP contribution in [0.4, 0.5) is 4.39 Å². The van der Waals surface area contributed by atoms with Gasteiger partial charge in [0.15, 0.2) is 17.6 Å². The van der Waals surface area contributed by atoms with Crippen molar-refractivity contribution in [3.63, 3.8) is 0 Å². The van der Waals surface area contributed by atoms with Gasteiger partial charge in [-0.25, -0.2) is 17.6 Å². The molecule has 9 nitrogen and oxygen atoms in total. The van der Waals surface area contributed by atoms with Crippen molar-refractivity contribution in [2.75, 3.05) is 19.9 Å². The van der Waals surface area contributed by atoms with Crippen molar-refractivity contribution in [1.82, 2.24) is 9.62 Å². The molecule has 1 N–H and O–H groups in total. The first-order valence-electron chi connectivity index (χ1n) is 10.9. The number of piperidine rings is 1. The Labute approximate surface area is 196 Å². The molecule has 2 aliphatic rings. The molecular weight excluding hydrogens is 467 g/mol. The van der Waals surface area contributed by atoms with Gasteiger partial charge in [-0.3, -0.25) is 4.79 Å². The second-order valence-corrected chi connectivity index (χ2v) is 9.97. The Morgan fingerprint density at radius 2 is 1.82 bits per heavy atom. The molecular formula is C23H25FN2O7S. The number of ether oxygens (including phenoxy) is 3. The van der Waals surface area contributed by atoms with Crippen molar-refractivity contribution in [3.05, 3.63) is 53.3 Å². The molecule has 4 rings (SSSR count). The van der Waals surface area contributed by atoms with E-state index >= 15 is 0 Å². The maximum Gasteiger partial charge on any atom is 0.338 e. The van der Waals surface area contributed by atoms with Crippen LogP contribution in [-0.2, 0) is 26.1 Å². The van der Waals surface area contributed by atoms with Crippen LogP contribution in [0.5, 0.6) is 11.5 Å². The number of sulfonamides is 1. The summed E-state index contributed by atoms with van der Waals surface area (Å²) in [6.07, 6.45) is 1.15. The number of fused-ring (bicyclic) bond motifs is 1. The fourth-order valence-corrected chi connectivity index (χ4v) is 5.35. The molecule has 0 saturated carbocycles. The highest BCUT2D eigenvalue weighted by Crippen LogP contribution is 2.32. The van der Waals surface area contributed by atoms with Gasteiger partial charge in [0.05, 0.1) is 5.56 Å². The Hall–Kier alpha value is -3.18. The third-order valence-electron chi connectivity index (χ3n) is 5.66. The summed E-state index contributed by atoms with van der Waals surface area (Å²) in [6.45, 7) is 2.31. The van der Waals surface area contributed by atoms with E-state index in [1.807, 2.05) is 0 Å². The molecule has 0 bridgehead atoms. The Morgan fingerprint density at radius 1 is 1.09 bits per heavy atom. The zero-order chi connectivity index (χ0) is 24.3. The number of carbonyl (C=O) groups excluding carboxylic acids is 2. The Balaban J connectivity index is 1.38. The van der Waals surface area contributed by atoms with Crippen molar-refractivity contribution >= 4 is 21.9 Å². The molecule has 0 aromatic heterocycles. The molecule has 1 fully saturated rings. The molecule has 2 aromatic carbocycles. The van der Waals surface area contributed by atoms with Gasteiger partial charge in [0, 0.05) is 19.6 Å². The van der Waals surface area contributed by atoms with E-state index in [0.717, 1.165) is 30.2 Å². The van der Waals surface area contributed by atoms with Crippen molar-refractivity contribution in [2.24, 2.45) is 0 Å². The fourth-order valence-electron chi connectivity index (χ4n) is 3.74. The van der Waals surface area contributed by atoms with E-state index in [2.05, 4.69) is 5.32 Å². The number of nitrogens with one attached hydrogen (secondary N) is 1. The number of hydrogen-bond acceptors (Lipinski definition) is 7. The summed E-state index contributed by atoms with van der Waals surface area (Å²) in [5, 5.41) is 2.66. The van der Waals surface area contributed by atoms with E-state index in [-0.39, 0.29) is 18.9 Å². The van der Waals surface area contributed by atoms with Crippen LogP contribution in [0.2, 0.25) is 0 Å². The summed E-state index contributed by atoms with van der Waals surface area (Å²) in [5.41, 5.74) is 0.606. The molecule has 2 aromatic rings. The van der Waals surface area contributed by atoms with Crippen LogP contribution in [0.25, 0.3) is 0 Å². The summed E-state index contributed by atoms with van der Waals surface area (Å²) in [7, 11) is -4.09. The number of benzene rings is 2. The monoisotopic (exact) mass is 492 g/mol. The molecule has 1 amide bonds. The van der Waals surface area contributed by atoms with Gasteiger partial charge in [0.1, 0.15) is 10.7 Å².